The van der Waals surface area contributed by atoms with E-state index >= 15 is 0 Å². The van der Waals surface area contributed by atoms with Crippen molar-refractivity contribution in [1.82, 2.24) is 5.01 Å². The monoisotopic (exact) mass is 247 g/mol. The zero-order valence-corrected chi connectivity index (χ0v) is 10.9. The van der Waals surface area contributed by atoms with E-state index in [9.17, 15) is 4.79 Å². The summed E-state index contributed by atoms with van der Waals surface area (Å²) in [6.07, 6.45) is 3.84. The Morgan fingerprint density at radius 1 is 1.33 bits per heavy atom. The van der Waals surface area contributed by atoms with Crippen LogP contribution in [0.2, 0.25) is 0 Å². The number of benzene rings is 1. The van der Waals surface area contributed by atoms with Crippen LogP contribution in [-0.2, 0) is 11.2 Å². The van der Waals surface area contributed by atoms with E-state index < -0.39 is 0 Å². The molecule has 0 aromatic heterocycles. The molecule has 4 nitrogen and oxygen atoms in total. The van der Waals surface area contributed by atoms with E-state index in [2.05, 4.69) is 24.3 Å². The number of amides is 1. The minimum atomic E-state index is 0.184. The van der Waals surface area contributed by atoms with Gasteiger partial charge in [0.2, 0.25) is 5.91 Å². The van der Waals surface area contributed by atoms with E-state index in [0.717, 1.165) is 38.0 Å². The number of unbranched alkanes of at least 4 members (excludes halogenated alkanes) is 1. The third-order valence-electron chi connectivity index (χ3n) is 3.39. The number of hydrogen-bond donors (Lipinski definition) is 1. The lowest BCUT2D eigenvalue weighted by Crippen LogP contribution is -2.35. The minimum Gasteiger partial charge on any atom is -0.330 e. The average Bonchev–Trinajstić information content (AvgIpc) is 2.71. The van der Waals surface area contributed by atoms with Crippen LogP contribution in [0.15, 0.2) is 24.3 Å². The summed E-state index contributed by atoms with van der Waals surface area (Å²) >= 11 is 0. The van der Waals surface area contributed by atoms with Crippen molar-refractivity contribution in [3.05, 3.63) is 29.8 Å². The summed E-state index contributed by atoms with van der Waals surface area (Å²) < 4.78 is 0. The van der Waals surface area contributed by atoms with Gasteiger partial charge in [0, 0.05) is 20.0 Å². The highest BCUT2D eigenvalue weighted by atomic mass is 16.2. The quantitative estimate of drug-likeness (QED) is 0.803. The number of anilines is 1. The summed E-state index contributed by atoms with van der Waals surface area (Å²) in [6, 6.07) is 8.43. The van der Waals surface area contributed by atoms with Crippen LogP contribution in [0.25, 0.3) is 0 Å². The van der Waals surface area contributed by atoms with Crippen molar-refractivity contribution in [3.63, 3.8) is 0 Å². The smallest absolute Gasteiger partial charge is 0.242 e. The average molecular weight is 247 g/mol. The van der Waals surface area contributed by atoms with Crippen LogP contribution in [0, 0.1) is 0 Å². The molecule has 4 heteroatoms. The molecule has 1 heterocycles. The minimum absolute atomic E-state index is 0.184. The number of hydrogen-bond acceptors (Lipinski definition) is 3. The van der Waals surface area contributed by atoms with Gasteiger partial charge in [0.15, 0.2) is 0 Å². The zero-order chi connectivity index (χ0) is 13.0. The van der Waals surface area contributed by atoms with Crippen molar-refractivity contribution < 1.29 is 4.79 Å². The lowest BCUT2D eigenvalue weighted by Gasteiger charge is -2.26. The molecule has 2 rings (SSSR count). The first-order valence-electron chi connectivity index (χ1n) is 6.55. The molecule has 98 valence electrons. The van der Waals surface area contributed by atoms with Crippen molar-refractivity contribution in [2.75, 3.05) is 25.1 Å². The zero-order valence-electron chi connectivity index (χ0n) is 10.9. The number of nitrogens with two attached hydrogens (primary N) is 1. The number of carbonyl (C=O) groups is 1. The van der Waals surface area contributed by atoms with E-state index in [1.807, 2.05) is 12.1 Å². The molecule has 1 aliphatic heterocycles. The van der Waals surface area contributed by atoms with Crippen molar-refractivity contribution in [2.45, 2.75) is 25.7 Å². The van der Waals surface area contributed by atoms with Gasteiger partial charge in [-0.05, 0) is 43.5 Å². The third kappa shape index (κ3) is 2.82. The molecule has 1 aliphatic rings. The Bertz CT molecular complexity index is 419. The Morgan fingerprint density at radius 2 is 2.17 bits per heavy atom. The fraction of sp³-hybridized carbons (Fsp3) is 0.500. The molecule has 0 bridgehead atoms. The molecule has 0 spiro atoms. The number of rotatable bonds is 5. The first kappa shape index (κ1) is 12.9. The molecule has 1 aromatic rings. The van der Waals surface area contributed by atoms with Crippen LogP contribution in [0.3, 0.4) is 0 Å². The van der Waals surface area contributed by atoms with Crippen molar-refractivity contribution in [1.29, 1.82) is 0 Å². The van der Waals surface area contributed by atoms with Gasteiger partial charge in [0.05, 0.1) is 5.69 Å². The van der Waals surface area contributed by atoms with E-state index in [1.165, 1.54) is 5.56 Å². The Morgan fingerprint density at radius 3 is 2.83 bits per heavy atom. The lowest BCUT2D eigenvalue weighted by molar-refractivity contribution is -0.126. The van der Waals surface area contributed by atoms with Gasteiger partial charge in [-0.3, -0.25) is 14.8 Å². The van der Waals surface area contributed by atoms with Gasteiger partial charge in [0.25, 0.3) is 0 Å². The first-order chi connectivity index (χ1) is 8.72. The summed E-state index contributed by atoms with van der Waals surface area (Å²) in [5.74, 6) is 0.184. The summed E-state index contributed by atoms with van der Waals surface area (Å²) in [4.78, 5) is 11.5. The summed E-state index contributed by atoms with van der Waals surface area (Å²) in [7, 11) is 1.83. The van der Waals surface area contributed by atoms with E-state index in [0.29, 0.717) is 6.42 Å². The molecule has 1 fully saturated rings. The maximum Gasteiger partial charge on any atom is 0.242 e. The van der Waals surface area contributed by atoms with E-state index in [-0.39, 0.29) is 5.91 Å². The molecule has 0 unspecified atom stereocenters. The second-order valence-electron chi connectivity index (χ2n) is 4.71. The number of nitrogens with zero attached hydrogens (tertiary/aromatic N) is 2. The van der Waals surface area contributed by atoms with Gasteiger partial charge >= 0.3 is 0 Å². The molecule has 18 heavy (non-hydrogen) atoms. The highest BCUT2D eigenvalue weighted by Crippen LogP contribution is 2.22. The van der Waals surface area contributed by atoms with Gasteiger partial charge < -0.3 is 5.73 Å². The van der Waals surface area contributed by atoms with Crippen molar-refractivity contribution in [3.8, 4) is 0 Å². The molecule has 1 amide bonds. The second kappa shape index (κ2) is 5.87. The third-order valence-corrected chi connectivity index (χ3v) is 3.39. The molecule has 0 saturated carbocycles. The Kier molecular flexibility index (Phi) is 4.20. The van der Waals surface area contributed by atoms with Gasteiger partial charge in [0.1, 0.15) is 0 Å². The predicted molar refractivity (Wildman–Crippen MR) is 73.2 cm³/mol. The summed E-state index contributed by atoms with van der Waals surface area (Å²) in [6.45, 7) is 1.53. The molecule has 0 radical (unpaired) electrons. The van der Waals surface area contributed by atoms with Gasteiger partial charge in [-0.25, -0.2) is 0 Å². The van der Waals surface area contributed by atoms with Crippen LogP contribution in [0.5, 0.6) is 0 Å². The van der Waals surface area contributed by atoms with Gasteiger partial charge in [-0.1, -0.05) is 12.1 Å². The normalized spacial score (nSPS) is 15.6. The highest BCUT2D eigenvalue weighted by molar-refractivity contribution is 5.81. The number of aryl methyl sites for hydroxylation is 1. The summed E-state index contributed by atoms with van der Waals surface area (Å²) in [5.41, 5.74) is 7.92. The highest BCUT2D eigenvalue weighted by Gasteiger charge is 2.25. The Labute approximate surface area is 108 Å². The largest absolute Gasteiger partial charge is 0.330 e. The topological polar surface area (TPSA) is 49.6 Å². The maximum atomic E-state index is 11.5. The standard InChI is InChI=1S/C14H21N3O/c1-16-14(18)8-10-17(16)13-7-4-6-12(11-13)5-2-3-9-15/h4,6-7,11H,2-3,5,8-10,15H2,1H3. The van der Waals surface area contributed by atoms with Crippen LogP contribution in [0.1, 0.15) is 24.8 Å². The molecule has 0 aliphatic carbocycles. The molecule has 0 atom stereocenters. The lowest BCUT2D eigenvalue weighted by atomic mass is 10.1. The predicted octanol–water partition coefficient (Wildman–Crippen LogP) is 1.55. The van der Waals surface area contributed by atoms with Crippen molar-refractivity contribution >= 4 is 11.6 Å². The molecular formula is C14H21N3O. The Hall–Kier alpha value is -1.55. The van der Waals surface area contributed by atoms with E-state index in [4.69, 9.17) is 5.73 Å². The first-order valence-corrected chi connectivity index (χ1v) is 6.55. The van der Waals surface area contributed by atoms with E-state index in [1.54, 1.807) is 5.01 Å². The number of hydrazine groups is 1. The van der Waals surface area contributed by atoms with Gasteiger partial charge in [-0.15, -0.1) is 0 Å². The fourth-order valence-electron chi connectivity index (χ4n) is 2.30. The Balaban J connectivity index is 2.05. The van der Waals surface area contributed by atoms with Gasteiger partial charge in [-0.2, -0.15) is 0 Å². The molecular weight excluding hydrogens is 226 g/mol. The van der Waals surface area contributed by atoms with Crippen LogP contribution >= 0.6 is 0 Å². The summed E-state index contributed by atoms with van der Waals surface area (Å²) in [5, 5.41) is 3.74. The SMILES string of the molecule is CN1C(=O)CCN1c1cccc(CCCCN)c1. The van der Waals surface area contributed by atoms with Crippen molar-refractivity contribution in [2.24, 2.45) is 5.73 Å². The second-order valence-corrected chi connectivity index (χ2v) is 4.71. The van der Waals surface area contributed by atoms with Crippen LogP contribution in [-0.4, -0.2) is 31.1 Å². The van der Waals surface area contributed by atoms with Crippen LogP contribution < -0.4 is 10.7 Å². The maximum absolute atomic E-state index is 11.5. The molecule has 2 N–H and O–H groups in total. The molecule has 1 aromatic carbocycles. The number of carbonyl (C=O) groups excluding carboxylic acids is 1. The van der Waals surface area contributed by atoms with Crippen LogP contribution in [0.4, 0.5) is 5.69 Å². The fourth-order valence-corrected chi connectivity index (χ4v) is 2.30. The molecule has 1 saturated heterocycles.